The van der Waals surface area contributed by atoms with Crippen LogP contribution in [0, 0.1) is 17.6 Å². The minimum absolute atomic E-state index is 0.169. The summed E-state index contributed by atoms with van der Waals surface area (Å²) in [5.74, 6) is -2.11. The number of anilines is 1. The van der Waals surface area contributed by atoms with Crippen molar-refractivity contribution in [1.82, 2.24) is 9.78 Å². The molecule has 1 aromatic heterocycles. The Hall–Kier alpha value is -3.43. The Bertz CT molecular complexity index is 1080. The van der Waals surface area contributed by atoms with Gasteiger partial charge in [0, 0.05) is 6.07 Å². The second-order valence-electron chi connectivity index (χ2n) is 7.40. The van der Waals surface area contributed by atoms with Crippen LogP contribution in [0.1, 0.15) is 19.5 Å². The van der Waals surface area contributed by atoms with Crippen molar-refractivity contribution in [2.45, 2.75) is 32.7 Å². The van der Waals surface area contributed by atoms with E-state index in [4.69, 9.17) is 4.74 Å². The minimum atomic E-state index is -4.65. The van der Waals surface area contributed by atoms with Crippen molar-refractivity contribution in [1.29, 1.82) is 0 Å². The van der Waals surface area contributed by atoms with Gasteiger partial charge in [-0.25, -0.2) is 13.6 Å². The number of rotatable bonds is 6. The number of carbonyl (C=O) groups is 1. The number of alkyl halides is 3. The van der Waals surface area contributed by atoms with Crippen molar-refractivity contribution in [3.05, 3.63) is 71.9 Å². The molecule has 0 radical (unpaired) electrons. The maximum Gasteiger partial charge on any atom is 0.435 e. The predicted octanol–water partition coefficient (Wildman–Crippen LogP) is 6.12. The molecule has 0 saturated heterocycles. The fraction of sp³-hybridized carbons (Fsp3) is 0.273. The molecule has 2 aromatic carbocycles. The fourth-order valence-corrected chi connectivity index (χ4v) is 2.96. The molecule has 0 fully saturated rings. The predicted molar refractivity (Wildman–Crippen MR) is 108 cm³/mol. The molecule has 32 heavy (non-hydrogen) atoms. The molecule has 0 aliphatic carbocycles. The molecular formula is C22H20F5N3O2. The summed E-state index contributed by atoms with van der Waals surface area (Å²) in [6, 6.07) is 11.9. The number of aromatic nitrogens is 2. The molecule has 0 spiro atoms. The summed E-state index contributed by atoms with van der Waals surface area (Å²) in [7, 11) is 0. The van der Waals surface area contributed by atoms with Gasteiger partial charge in [0.2, 0.25) is 0 Å². The summed E-state index contributed by atoms with van der Waals surface area (Å²) in [4.78, 5) is 12.3. The van der Waals surface area contributed by atoms with Crippen LogP contribution in [0.3, 0.4) is 0 Å². The minimum Gasteiger partial charge on any atom is -0.444 e. The highest BCUT2D eigenvalue weighted by atomic mass is 19.4. The lowest BCUT2D eigenvalue weighted by Gasteiger charge is -2.22. The molecule has 3 aromatic rings. The van der Waals surface area contributed by atoms with E-state index in [-0.39, 0.29) is 23.8 Å². The standard InChI is InChI=1S/C22H20F5N3O2/c1-13(2)19(32-21(31)28-17-9-8-15(23)10-16(17)24)12-30-18(14-6-4-3-5-7-14)11-20(29-30)22(25,26)27/h3-11,13,19H,12H2,1-2H3,(H,28,31)/t19-/m0/s1. The van der Waals surface area contributed by atoms with Crippen molar-refractivity contribution >= 4 is 11.8 Å². The van der Waals surface area contributed by atoms with Gasteiger partial charge < -0.3 is 4.74 Å². The summed E-state index contributed by atoms with van der Waals surface area (Å²) in [5.41, 5.74) is -0.646. The zero-order valence-electron chi connectivity index (χ0n) is 17.2. The molecule has 10 heteroatoms. The molecule has 1 heterocycles. The van der Waals surface area contributed by atoms with E-state index in [1.807, 2.05) is 0 Å². The van der Waals surface area contributed by atoms with Crippen LogP contribution in [0.2, 0.25) is 0 Å². The smallest absolute Gasteiger partial charge is 0.435 e. The zero-order chi connectivity index (χ0) is 23.5. The van der Waals surface area contributed by atoms with Crippen LogP contribution >= 0.6 is 0 Å². The van der Waals surface area contributed by atoms with Gasteiger partial charge in [0.25, 0.3) is 0 Å². The second-order valence-corrected chi connectivity index (χ2v) is 7.40. The average Bonchev–Trinajstić information content (AvgIpc) is 3.14. The highest BCUT2D eigenvalue weighted by molar-refractivity contribution is 5.84. The lowest BCUT2D eigenvalue weighted by Crippen LogP contribution is -2.31. The van der Waals surface area contributed by atoms with Crippen LogP contribution in [0.15, 0.2) is 54.6 Å². The number of nitrogens with zero attached hydrogens (tertiary/aromatic N) is 2. The lowest BCUT2D eigenvalue weighted by atomic mass is 10.1. The van der Waals surface area contributed by atoms with Gasteiger partial charge in [0.15, 0.2) is 5.69 Å². The van der Waals surface area contributed by atoms with Crippen LogP contribution in [0.25, 0.3) is 11.3 Å². The van der Waals surface area contributed by atoms with Crippen LogP contribution in [-0.2, 0) is 17.5 Å². The summed E-state index contributed by atoms with van der Waals surface area (Å²) < 4.78 is 73.1. The first kappa shape index (κ1) is 23.2. The third-order valence-electron chi connectivity index (χ3n) is 4.66. The summed E-state index contributed by atoms with van der Waals surface area (Å²) in [6.07, 6.45) is -6.57. The van der Waals surface area contributed by atoms with Crippen molar-refractivity contribution in [3.63, 3.8) is 0 Å². The van der Waals surface area contributed by atoms with Gasteiger partial charge in [-0.05, 0) is 29.7 Å². The Balaban J connectivity index is 1.84. The van der Waals surface area contributed by atoms with Crippen molar-refractivity contribution in [2.24, 2.45) is 5.92 Å². The molecule has 0 unspecified atom stereocenters. The zero-order valence-corrected chi connectivity index (χ0v) is 17.2. The SMILES string of the molecule is CC(C)[C@H](Cn1nc(C(F)(F)F)cc1-c1ccccc1)OC(=O)Nc1ccc(F)cc1F. The molecule has 0 aliphatic heterocycles. The molecule has 170 valence electrons. The Labute approximate surface area is 180 Å². The Morgan fingerprint density at radius 1 is 1.09 bits per heavy atom. The van der Waals surface area contributed by atoms with Gasteiger partial charge >= 0.3 is 12.3 Å². The first-order chi connectivity index (χ1) is 15.0. The molecule has 0 saturated carbocycles. The maximum atomic E-state index is 13.8. The number of amides is 1. The van der Waals surface area contributed by atoms with Crippen molar-refractivity contribution < 1.29 is 31.5 Å². The number of nitrogens with one attached hydrogen (secondary N) is 1. The van der Waals surface area contributed by atoms with E-state index < -0.39 is 35.7 Å². The Morgan fingerprint density at radius 2 is 1.78 bits per heavy atom. The van der Waals surface area contributed by atoms with E-state index in [2.05, 4.69) is 10.4 Å². The van der Waals surface area contributed by atoms with Gasteiger partial charge in [0.05, 0.1) is 17.9 Å². The van der Waals surface area contributed by atoms with Crippen LogP contribution in [-0.4, -0.2) is 22.0 Å². The van der Waals surface area contributed by atoms with Gasteiger partial charge in [-0.3, -0.25) is 10.00 Å². The monoisotopic (exact) mass is 453 g/mol. The number of carbonyl (C=O) groups excluding carboxylic acids is 1. The van der Waals surface area contributed by atoms with Crippen LogP contribution < -0.4 is 5.32 Å². The summed E-state index contributed by atoms with van der Waals surface area (Å²) >= 11 is 0. The molecule has 1 amide bonds. The maximum absolute atomic E-state index is 13.8. The fourth-order valence-electron chi connectivity index (χ4n) is 2.96. The van der Waals surface area contributed by atoms with E-state index >= 15 is 0 Å². The highest BCUT2D eigenvalue weighted by Crippen LogP contribution is 2.32. The second kappa shape index (κ2) is 9.37. The average molecular weight is 453 g/mol. The van der Waals surface area contributed by atoms with Crippen molar-refractivity contribution in [3.8, 4) is 11.3 Å². The largest absolute Gasteiger partial charge is 0.444 e. The van der Waals surface area contributed by atoms with E-state index in [0.717, 1.165) is 22.9 Å². The molecule has 1 atom stereocenters. The van der Waals surface area contributed by atoms with Crippen LogP contribution in [0.5, 0.6) is 0 Å². The molecular weight excluding hydrogens is 433 g/mol. The topological polar surface area (TPSA) is 56.2 Å². The van der Waals surface area contributed by atoms with Gasteiger partial charge in [-0.1, -0.05) is 44.2 Å². The number of ether oxygens (including phenoxy) is 1. The number of hydrogen-bond donors (Lipinski definition) is 1. The number of benzene rings is 2. The molecule has 0 aliphatic rings. The third-order valence-corrected chi connectivity index (χ3v) is 4.66. The summed E-state index contributed by atoms with van der Waals surface area (Å²) in [6.45, 7) is 3.26. The third kappa shape index (κ3) is 5.63. The van der Waals surface area contributed by atoms with Gasteiger partial charge in [-0.2, -0.15) is 18.3 Å². The summed E-state index contributed by atoms with van der Waals surface area (Å²) in [5, 5.41) is 5.85. The highest BCUT2D eigenvalue weighted by Gasteiger charge is 2.35. The normalized spacial score (nSPS) is 12.6. The first-order valence-electron chi connectivity index (χ1n) is 9.67. The van der Waals surface area contributed by atoms with Crippen molar-refractivity contribution in [2.75, 3.05) is 5.32 Å². The van der Waals surface area contributed by atoms with E-state index in [1.54, 1.807) is 44.2 Å². The Morgan fingerprint density at radius 3 is 2.38 bits per heavy atom. The quantitative estimate of drug-likeness (QED) is 0.458. The lowest BCUT2D eigenvalue weighted by molar-refractivity contribution is -0.141. The molecule has 5 nitrogen and oxygen atoms in total. The molecule has 3 rings (SSSR count). The molecule has 1 N–H and O–H groups in total. The number of halogens is 5. The van der Waals surface area contributed by atoms with Gasteiger partial charge in [-0.15, -0.1) is 0 Å². The van der Waals surface area contributed by atoms with Gasteiger partial charge in [0.1, 0.15) is 17.7 Å². The van der Waals surface area contributed by atoms with E-state index in [1.165, 1.54) is 0 Å². The Kier molecular flexibility index (Phi) is 6.81. The molecule has 0 bridgehead atoms. The number of hydrogen-bond acceptors (Lipinski definition) is 3. The van der Waals surface area contributed by atoms with E-state index in [0.29, 0.717) is 11.6 Å². The van der Waals surface area contributed by atoms with E-state index in [9.17, 15) is 26.7 Å². The first-order valence-corrected chi connectivity index (χ1v) is 9.67. The van der Waals surface area contributed by atoms with Crippen LogP contribution in [0.4, 0.5) is 32.4 Å².